The lowest BCUT2D eigenvalue weighted by molar-refractivity contribution is 0.0747. The van der Waals surface area contributed by atoms with E-state index in [1.165, 1.54) is 12.3 Å². The average molecular weight is 532 g/mol. The fourth-order valence-corrected chi connectivity index (χ4v) is 6.02. The molecule has 2 aromatic carbocycles. The Morgan fingerprint density at radius 1 is 1.03 bits per heavy atom. The van der Waals surface area contributed by atoms with E-state index in [1.807, 2.05) is 12.1 Å². The van der Waals surface area contributed by atoms with Gasteiger partial charge in [0.05, 0.1) is 11.0 Å². The molecule has 1 N–H and O–H groups in total. The minimum Gasteiger partial charge on any atom is -0.317 e. The average Bonchev–Trinajstić information content (AvgIpc) is 3.09. The van der Waals surface area contributed by atoms with Crippen LogP contribution in [0.4, 0.5) is 10.1 Å². The highest BCUT2D eigenvalue weighted by molar-refractivity contribution is 6.31. The van der Waals surface area contributed by atoms with Crippen LogP contribution in [-0.4, -0.2) is 37.1 Å². The molecule has 0 bridgehead atoms. The third-order valence-corrected chi connectivity index (χ3v) is 7.79. The van der Waals surface area contributed by atoms with Gasteiger partial charge in [0.25, 0.3) is 0 Å². The second-order valence-electron chi connectivity index (χ2n) is 9.29. The maximum atomic E-state index is 15.8. The molecule has 1 saturated heterocycles. The number of carbonyl (C=O) groups is 1. The third-order valence-electron chi connectivity index (χ3n) is 7.10. The maximum absolute atomic E-state index is 15.8. The van der Waals surface area contributed by atoms with Crippen molar-refractivity contribution in [3.63, 3.8) is 0 Å². The Hall–Kier alpha value is -2.28. The summed E-state index contributed by atoms with van der Waals surface area (Å²) in [7, 11) is 0. The monoisotopic (exact) mass is 530 g/mol. The van der Waals surface area contributed by atoms with Gasteiger partial charge in [0, 0.05) is 27.9 Å². The van der Waals surface area contributed by atoms with Crippen molar-refractivity contribution in [3.8, 4) is 0 Å². The summed E-state index contributed by atoms with van der Waals surface area (Å²) in [6, 6.07) is 15.7. The van der Waals surface area contributed by atoms with Crippen molar-refractivity contribution >= 4 is 52.5 Å². The number of nitrogens with zero attached hydrogens (tertiary/aromatic N) is 2. The maximum Gasteiger partial charge on any atom is 0.351 e. The van der Waals surface area contributed by atoms with E-state index in [0.717, 1.165) is 37.2 Å². The second kappa shape index (κ2) is 9.64. The Balaban J connectivity index is 1.66. The van der Waals surface area contributed by atoms with Gasteiger partial charge in [-0.25, -0.2) is 18.7 Å². The number of pyridine rings is 1. The Morgan fingerprint density at radius 2 is 1.74 bits per heavy atom. The van der Waals surface area contributed by atoms with Crippen molar-refractivity contribution in [2.75, 3.05) is 26.2 Å². The molecular formula is C27H24Cl3FN3O+. The van der Waals surface area contributed by atoms with E-state index in [2.05, 4.69) is 10.3 Å². The standard InChI is InChI=1S/C27H24Cl3FN3O/c28-20-3-1-18(2-4-20)13-22(31)16-34(26(35)19-7-10-33-25(30)14-19)17-27(8-11-32-12-9-27)23-15-21(29)5-6-24(23)34/h1-7,10,13-15,32H,8-9,11-12,16-17H2/q+1/b22-13-. The number of hydrogen-bond acceptors (Lipinski definition) is 3. The van der Waals surface area contributed by atoms with E-state index in [-0.39, 0.29) is 27.5 Å². The summed E-state index contributed by atoms with van der Waals surface area (Å²) < 4.78 is 15.6. The molecule has 1 aromatic heterocycles. The number of fused-ring (bicyclic) bond motifs is 2. The van der Waals surface area contributed by atoms with Crippen LogP contribution in [0.15, 0.2) is 66.6 Å². The van der Waals surface area contributed by atoms with Crippen molar-refractivity contribution in [3.05, 3.63) is 98.5 Å². The number of nitrogens with one attached hydrogen (secondary N) is 1. The first-order valence-electron chi connectivity index (χ1n) is 11.5. The quantitative estimate of drug-likeness (QED) is 0.296. The van der Waals surface area contributed by atoms with E-state index in [0.29, 0.717) is 27.7 Å². The fourth-order valence-electron chi connectivity index (χ4n) is 5.55. The lowest BCUT2D eigenvalue weighted by Gasteiger charge is -2.37. The van der Waals surface area contributed by atoms with Crippen molar-refractivity contribution < 1.29 is 9.18 Å². The van der Waals surface area contributed by atoms with E-state index >= 15 is 4.39 Å². The van der Waals surface area contributed by atoms with Gasteiger partial charge in [-0.15, -0.1) is 0 Å². The summed E-state index contributed by atoms with van der Waals surface area (Å²) in [5.74, 6) is -0.611. The van der Waals surface area contributed by atoms with Gasteiger partial charge in [0.15, 0.2) is 5.83 Å². The fraction of sp³-hybridized carbons (Fsp3) is 0.259. The highest BCUT2D eigenvalue weighted by Crippen LogP contribution is 2.52. The summed E-state index contributed by atoms with van der Waals surface area (Å²) in [6.45, 7) is 1.98. The molecule has 8 heteroatoms. The number of halogens is 4. The van der Waals surface area contributed by atoms with Crippen LogP contribution in [0.5, 0.6) is 0 Å². The topological polar surface area (TPSA) is 42.0 Å². The van der Waals surface area contributed by atoms with E-state index in [9.17, 15) is 4.79 Å². The Morgan fingerprint density at radius 3 is 2.46 bits per heavy atom. The van der Waals surface area contributed by atoms with Crippen LogP contribution in [0.2, 0.25) is 15.2 Å². The SMILES string of the molecule is O=C(c1ccnc(Cl)c1)[N+]1(C/C(F)=C/c2ccc(Cl)cc2)CC2(CCNCC2)c2cc(Cl)ccc21. The van der Waals surface area contributed by atoms with E-state index in [1.54, 1.807) is 42.5 Å². The van der Waals surface area contributed by atoms with Gasteiger partial charge in [-0.2, -0.15) is 0 Å². The van der Waals surface area contributed by atoms with Crippen LogP contribution in [0.25, 0.3) is 6.08 Å². The predicted molar refractivity (Wildman–Crippen MR) is 141 cm³/mol. The number of carbonyl (C=O) groups excluding carboxylic acids is 1. The predicted octanol–water partition coefficient (Wildman–Crippen LogP) is 6.83. The minimum absolute atomic E-state index is 0.120. The van der Waals surface area contributed by atoms with Gasteiger partial charge in [0.1, 0.15) is 23.9 Å². The highest BCUT2D eigenvalue weighted by atomic mass is 35.5. The van der Waals surface area contributed by atoms with Crippen LogP contribution in [0.3, 0.4) is 0 Å². The van der Waals surface area contributed by atoms with Gasteiger partial charge in [-0.1, -0.05) is 46.9 Å². The number of amides is 1. The highest BCUT2D eigenvalue weighted by Gasteiger charge is 2.58. The molecular weight excluding hydrogens is 508 g/mol. The summed E-state index contributed by atoms with van der Waals surface area (Å²) in [5.41, 5.74) is 2.61. The van der Waals surface area contributed by atoms with Crippen molar-refractivity contribution in [1.82, 2.24) is 14.8 Å². The molecule has 35 heavy (non-hydrogen) atoms. The second-order valence-corrected chi connectivity index (χ2v) is 10.6. The summed E-state index contributed by atoms with van der Waals surface area (Å²) in [5, 5.41) is 4.82. The number of piperidine rings is 1. The van der Waals surface area contributed by atoms with Crippen LogP contribution < -0.4 is 9.80 Å². The third kappa shape index (κ3) is 4.64. The molecule has 3 aromatic rings. The van der Waals surface area contributed by atoms with Crippen molar-refractivity contribution in [1.29, 1.82) is 0 Å². The number of aromatic nitrogens is 1. The molecule has 0 saturated carbocycles. The molecule has 1 unspecified atom stereocenters. The molecule has 5 rings (SSSR count). The molecule has 0 aliphatic carbocycles. The lowest BCUT2D eigenvalue weighted by atomic mass is 9.75. The zero-order valence-corrected chi connectivity index (χ0v) is 21.2. The van der Waals surface area contributed by atoms with Crippen LogP contribution in [0.1, 0.15) is 34.3 Å². The lowest BCUT2D eigenvalue weighted by Crippen LogP contribution is -2.57. The number of quaternary nitrogens is 1. The molecule has 1 fully saturated rings. The van der Waals surface area contributed by atoms with E-state index in [4.69, 9.17) is 34.8 Å². The first kappa shape index (κ1) is 24.4. The smallest absolute Gasteiger partial charge is 0.317 e. The molecule has 0 radical (unpaired) electrons. The Labute approximate surface area is 218 Å². The number of hydrogen-bond donors (Lipinski definition) is 1. The van der Waals surface area contributed by atoms with Gasteiger partial charge < -0.3 is 5.32 Å². The first-order chi connectivity index (χ1) is 16.8. The summed E-state index contributed by atoms with van der Waals surface area (Å²) in [6.07, 6.45) is 4.65. The molecule has 1 amide bonds. The zero-order valence-electron chi connectivity index (χ0n) is 18.9. The van der Waals surface area contributed by atoms with Gasteiger partial charge in [0.2, 0.25) is 0 Å². The van der Waals surface area contributed by atoms with E-state index < -0.39 is 5.83 Å². The minimum atomic E-state index is -0.396. The van der Waals surface area contributed by atoms with Crippen LogP contribution in [-0.2, 0) is 5.41 Å². The van der Waals surface area contributed by atoms with Crippen molar-refractivity contribution in [2.45, 2.75) is 18.3 Å². The summed E-state index contributed by atoms with van der Waals surface area (Å²) in [4.78, 5) is 18.3. The molecule has 3 heterocycles. The van der Waals surface area contributed by atoms with Crippen LogP contribution in [0, 0.1) is 0 Å². The molecule has 1 atom stereocenters. The van der Waals surface area contributed by atoms with Gasteiger partial charge in [-0.3, -0.25) is 0 Å². The molecule has 180 valence electrons. The Bertz CT molecular complexity index is 1310. The zero-order chi connectivity index (χ0) is 24.6. The van der Waals surface area contributed by atoms with Gasteiger partial charge >= 0.3 is 5.91 Å². The van der Waals surface area contributed by atoms with Gasteiger partial charge in [-0.05, 0) is 74.0 Å². The molecule has 1 spiro atoms. The molecule has 2 aliphatic rings. The largest absolute Gasteiger partial charge is 0.351 e. The number of rotatable bonds is 4. The Kier molecular flexibility index (Phi) is 6.73. The molecule has 4 nitrogen and oxygen atoms in total. The van der Waals surface area contributed by atoms with Crippen LogP contribution >= 0.6 is 34.8 Å². The number of benzene rings is 2. The molecule has 2 aliphatic heterocycles. The normalized spacial score (nSPS) is 21.2. The summed E-state index contributed by atoms with van der Waals surface area (Å²) >= 11 is 18.6. The first-order valence-corrected chi connectivity index (χ1v) is 12.6. The van der Waals surface area contributed by atoms with Crippen molar-refractivity contribution in [2.24, 2.45) is 0 Å².